The van der Waals surface area contributed by atoms with E-state index in [1.807, 2.05) is 6.07 Å². The van der Waals surface area contributed by atoms with Gasteiger partial charge in [-0.3, -0.25) is 0 Å². The van der Waals surface area contributed by atoms with Crippen molar-refractivity contribution in [3.63, 3.8) is 0 Å². The van der Waals surface area contributed by atoms with E-state index >= 15 is 0 Å². The van der Waals surface area contributed by atoms with Crippen molar-refractivity contribution in [3.05, 3.63) is 48.2 Å². The number of nitriles is 1. The largest absolute Gasteiger partial charge is 0.573 e. The average molecular weight is 279 g/mol. The molecule has 0 bridgehead atoms. The summed E-state index contributed by atoms with van der Waals surface area (Å²) in [4.78, 5) is 3.98. The van der Waals surface area contributed by atoms with Crippen molar-refractivity contribution in [1.29, 1.82) is 5.26 Å². The highest BCUT2D eigenvalue weighted by Gasteiger charge is 2.30. The van der Waals surface area contributed by atoms with E-state index in [0.717, 1.165) is 0 Å². The third kappa shape index (κ3) is 3.62. The molecule has 0 saturated heterocycles. The highest BCUT2D eigenvalue weighted by molar-refractivity contribution is 5.62. The number of anilines is 2. The van der Waals surface area contributed by atoms with E-state index in [1.165, 1.54) is 30.5 Å². The Morgan fingerprint density at radius 3 is 2.45 bits per heavy atom. The van der Waals surface area contributed by atoms with Crippen LogP contribution in [0.3, 0.4) is 0 Å². The predicted octanol–water partition coefficient (Wildman–Crippen LogP) is 3.60. The van der Waals surface area contributed by atoms with Gasteiger partial charge in [0.25, 0.3) is 0 Å². The summed E-state index contributed by atoms with van der Waals surface area (Å²) in [5.41, 5.74) is 0.831. The molecule has 0 aliphatic carbocycles. The first-order valence-corrected chi connectivity index (χ1v) is 5.46. The van der Waals surface area contributed by atoms with E-state index in [4.69, 9.17) is 5.26 Å². The molecule has 0 fully saturated rings. The Bertz CT molecular complexity index is 633. The summed E-state index contributed by atoms with van der Waals surface area (Å²) in [6, 6.07) is 10.3. The Kier molecular flexibility index (Phi) is 3.75. The SMILES string of the molecule is N#Cc1cccnc1Nc1ccc(OC(F)(F)F)cc1. The van der Waals surface area contributed by atoms with Gasteiger partial charge in [0.1, 0.15) is 17.6 Å². The summed E-state index contributed by atoms with van der Waals surface area (Å²) in [5.74, 6) is 0.0177. The van der Waals surface area contributed by atoms with Crippen LogP contribution in [0.5, 0.6) is 5.75 Å². The van der Waals surface area contributed by atoms with Crippen LogP contribution in [-0.4, -0.2) is 11.3 Å². The quantitative estimate of drug-likeness (QED) is 0.932. The molecular weight excluding hydrogens is 271 g/mol. The van der Waals surface area contributed by atoms with E-state index in [0.29, 0.717) is 17.1 Å². The van der Waals surface area contributed by atoms with Gasteiger partial charge in [-0.25, -0.2) is 4.98 Å². The fourth-order valence-electron chi connectivity index (χ4n) is 1.47. The Morgan fingerprint density at radius 2 is 1.85 bits per heavy atom. The number of hydrogen-bond donors (Lipinski definition) is 1. The molecule has 1 N–H and O–H groups in total. The third-order valence-electron chi connectivity index (χ3n) is 2.28. The molecule has 7 heteroatoms. The van der Waals surface area contributed by atoms with E-state index in [1.54, 1.807) is 12.1 Å². The van der Waals surface area contributed by atoms with Crippen molar-refractivity contribution in [1.82, 2.24) is 4.98 Å². The molecule has 2 rings (SSSR count). The molecule has 4 nitrogen and oxygen atoms in total. The zero-order valence-electron chi connectivity index (χ0n) is 9.98. The smallest absolute Gasteiger partial charge is 0.406 e. The maximum atomic E-state index is 12.0. The first-order valence-electron chi connectivity index (χ1n) is 5.46. The molecule has 1 aromatic carbocycles. The van der Waals surface area contributed by atoms with Gasteiger partial charge in [-0.1, -0.05) is 0 Å². The minimum atomic E-state index is -4.72. The maximum absolute atomic E-state index is 12.0. The topological polar surface area (TPSA) is 57.9 Å². The summed E-state index contributed by atoms with van der Waals surface area (Å²) >= 11 is 0. The van der Waals surface area contributed by atoms with Gasteiger partial charge in [-0.05, 0) is 36.4 Å². The van der Waals surface area contributed by atoms with Crippen LogP contribution < -0.4 is 10.1 Å². The first-order chi connectivity index (χ1) is 9.48. The number of alkyl halides is 3. The fourth-order valence-corrected chi connectivity index (χ4v) is 1.47. The number of nitrogens with zero attached hydrogens (tertiary/aromatic N) is 2. The lowest BCUT2D eigenvalue weighted by molar-refractivity contribution is -0.274. The van der Waals surface area contributed by atoms with Crippen molar-refractivity contribution in [2.75, 3.05) is 5.32 Å². The highest BCUT2D eigenvalue weighted by Crippen LogP contribution is 2.25. The average Bonchev–Trinajstić information content (AvgIpc) is 2.40. The third-order valence-corrected chi connectivity index (χ3v) is 2.28. The molecular formula is C13H8F3N3O. The zero-order chi connectivity index (χ0) is 14.6. The van der Waals surface area contributed by atoms with Crippen molar-refractivity contribution >= 4 is 11.5 Å². The molecule has 0 spiro atoms. The number of rotatable bonds is 3. The molecule has 0 unspecified atom stereocenters. The lowest BCUT2D eigenvalue weighted by atomic mass is 10.2. The number of hydrogen-bond acceptors (Lipinski definition) is 4. The predicted molar refractivity (Wildman–Crippen MR) is 65.4 cm³/mol. The molecule has 102 valence electrons. The second-order valence-corrected chi connectivity index (χ2v) is 3.71. The van der Waals surface area contributed by atoms with Crippen LogP contribution in [0.4, 0.5) is 24.7 Å². The minimum Gasteiger partial charge on any atom is -0.406 e. The van der Waals surface area contributed by atoms with Crippen molar-refractivity contribution in [2.45, 2.75) is 6.36 Å². The Balaban J connectivity index is 2.13. The molecule has 1 aromatic heterocycles. The van der Waals surface area contributed by atoms with Crippen LogP contribution in [0.25, 0.3) is 0 Å². The maximum Gasteiger partial charge on any atom is 0.573 e. The van der Waals surface area contributed by atoms with Crippen molar-refractivity contribution in [2.24, 2.45) is 0 Å². The van der Waals surface area contributed by atoms with Gasteiger partial charge in [0.15, 0.2) is 0 Å². The van der Waals surface area contributed by atoms with E-state index in [2.05, 4.69) is 15.0 Å². The zero-order valence-corrected chi connectivity index (χ0v) is 9.98. The molecule has 0 radical (unpaired) electrons. The minimum absolute atomic E-state index is 0.315. The molecule has 0 aliphatic heterocycles. The summed E-state index contributed by atoms with van der Waals surface area (Å²) in [6.45, 7) is 0. The molecule has 0 amide bonds. The number of nitrogens with one attached hydrogen (secondary N) is 1. The second-order valence-electron chi connectivity index (χ2n) is 3.71. The lowest BCUT2D eigenvalue weighted by Gasteiger charge is -2.10. The molecule has 2 aromatic rings. The second kappa shape index (κ2) is 5.48. The van der Waals surface area contributed by atoms with Gasteiger partial charge < -0.3 is 10.1 Å². The normalized spacial score (nSPS) is 10.7. The standard InChI is InChI=1S/C13H8F3N3O/c14-13(15,16)20-11-5-3-10(4-6-11)19-12-9(8-17)2-1-7-18-12/h1-7H,(H,18,19). The molecule has 1 heterocycles. The molecule has 0 aliphatic rings. The van der Waals surface area contributed by atoms with Gasteiger partial charge in [0.2, 0.25) is 0 Å². The van der Waals surface area contributed by atoms with Gasteiger partial charge in [-0.2, -0.15) is 5.26 Å². The number of benzene rings is 1. The number of aromatic nitrogens is 1. The van der Waals surface area contributed by atoms with Gasteiger partial charge in [0.05, 0.1) is 5.56 Å². The lowest BCUT2D eigenvalue weighted by Crippen LogP contribution is -2.16. The van der Waals surface area contributed by atoms with Crippen LogP contribution >= 0.6 is 0 Å². The van der Waals surface area contributed by atoms with E-state index < -0.39 is 6.36 Å². The molecule has 0 atom stereocenters. The van der Waals surface area contributed by atoms with Crippen LogP contribution in [0.2, 0.25) is 0 Å². The number of halogens is 3. The van der Waals surface area contributed by atoms with Crippen LogP contribution in [0.1, 0.15) is 5.56 Å². The van der Waals surface area contributed by atoms with Gasteiger partial charge in [0, 0.05) is 11.9 Å². The highest BCUT2D eigenvalue weighted by atomic mass is 19.4. The Morgan fingerprint density at radius 1 is 1.15 bits per heavy atom. The summed E-state index contributed by atoms with van der Waals surface area (Å²) in [5, 5.41) is 11.7. The first kappa shape index (κ1) is 13.7. The van der Waals surface area contributed by atoms with Gasteiger partial charge in [-0.15, -0.1) is 13.2 Å². The molecule has 0 saturated carbocycles. The fraction of sp³-hybridized carbons (Fsp3) is 0.0769. The van der Waals surface area contributed by atoms with Crippen molar-refractivity contribution < 1.29 is 17.9 Å². The Hall–Kier alpha value is -2.75. The summed E-state index contributed by atoms with van der Waals surface area (Å²) in [6.07, 6.45) is -3.21. The van der Waals surface area contributed by atoms with Crippen LogP contribution in [0, 0.1) is 11.3 Å². The van der Waals surface area contributed by atoms with Gasteiger partial charge >= 0.3 is 6.36 Å². The van der Waals surface area contributed by atoms with E-state index in [-0.39, 0.29) is 5.75 Å². The van der Waals surface area contributed by atoms with E-state index in [9.17, 15) is 13.2 Å². The molecule has 20 heavy (non-hydrogen) atoms. The van der Waals surface area contributed by atoms with Crippen LogP contribution in [0.15, 0.2) is 42.6 Å². The van der Waals surface area contributed by atoms with Crippen molar-refractivity contribution in [3.8, 4) is 11.8 Å². The number of pyridine rings is 1. The monoisotopic (exact) mass is 279 g/mol. The summed E-state index contributed by atoms with van der Waals surface area (Å²) < 4.78 is 39.8. The number of ether oxygens (including phenoxy) is 1. The Labute approximate surface area is 112 Å². The summed E-state index contributed by atoms with van der Waals surface area (Å²) in [7, 11) is 0. The van der Waals surface area contributed by atoms with Crippen LogP contribution in [-0.2, 0) is 0 Å².